The van der Waals surface area contributed by atoms with Gasteiger partial charge >= 0.3 is 0 Å². The van der Waals surface area contributed by atoms with Gasteiger partial charge < -0.3 is 4.90 Å². The third-order valence-electron chi connectivity index (χ3n) is 4.34. The molecule has 5 nitrogen and oxygen atoms in total. The molecule has 0 aliphatic rings. The van der Waals surface area contributed by atoms with Gasteiger partial charge in [0.15, 0.2) is 5.16 Å². The Kier molecular flexibility index (Phi) is 6.65. The average Bonchev–Trinajstić information content (AvgIpc) is 3.18. The van der Waals surface area contributed by atoms with Crippen LogP contribution in [0.5, 0.6) is 0 Å². The van der Waals surface area contributed by atoms with Gasteiger partial charge in [-0.2, -0.15) is 0 Å². The predicted molar refractivity (Wildman–Crippen MR) is 120 cm³/mol. The highest BCUT2D eigenvalue weighted by molar-refractivity contribution is 7.99. The first-order chi connectivity index (χ1) is 13.3. The van der Waals surface area contributed by atoms with Crippen molar-refractivity contribution in [2.75, 3.05) is 12.8 Å². The van der Waals surface area contributed by atoms with E-state index >= 15 is 0 Å². The lowest BCUT2D eigenvalue weighted by molar-refractivity contribution is -0.127. The van der Waals surface area contributed by atoms with Crippen LogP contribution in [-0.2, 0) is 17.9 Å². The van der Waals surface area contributed by atoms with Crippen LogP contribution in [0.1, 0.15) is 15.3 Å². The van der Waals surface area contributed by atoms with E-state index in [0.29, 0.717) is 28.0 Å². The van der Waals surface area contributed by atoms with Crippen molar-refractivity contribution in [3.63, 3.8) is 0 Å². The number of thioether (sulfide) groups is 1. The van der Waals surface area contributed by atoms with Crippen molar-refractivity contribution < 1.29 is 4.79 Å². The third kappa shape index (κ3) is 4.35. The number of aryl methyl sites for hydroxylation is 2. The molecule has 3 heterocycles. The summed E-state index contributed by atoms with van der Waals surface area (Å²) in [6, 6.07) is 3.75. The van der Waals surface area contributed by atoms with E-state index in [-0.39, 0.29) is 17.2 Å². The lowest BCUT2D eigenvalue weighted by atomic mass is 10.2. The van der Waals surface area contributed by atoms with Gasteiger partial charge in [-0.05, 0) is 31.5 Å². The van der Waals surface area contributed by atoms with Gasteiger partial charge in [0, 0.05) is 23.3 Å². The molecule has 0 radical (unpaired) electrons. The van der Waals surface area contributed by atoms with Gasteiger partial charge in [0.25, 0.3) is 5.56 Å². The van der Waals surface area contributed by atoms with Crippen molar-refractivity contribution in [1.29, 1.82) is 0 Å². The predicted octanol–water partition coefficient (Wildman–Crippen LogP) is 4.73. The number of carbonyl (C=O) groups is 1. The third-order valence-corrected chi connectivity index (χ3v) is 7.62. The van der Waals surface area contributed by atoms with Crippen molar-refractivity contribution in [2.24, 2.45) is 0 Å². The molecular formula is C19H20ClN3O2S3. The van der Waals surface area contributed by atoms with E-state index in [1.54, 1.807) is 22.6 Å². The Labute approximate surface area is 180 Å². The number of rotatable bonds is 7. The highest BCUT2D eigenvalue weighted by Crippen LogP contribution is 2.28. The smallest absolute Gasteiger partial charge is 0.263 e. The average molecular weight is 454 g/mol. The molecular weight excluding hydrogens is 434 g/mol. The number of thiophene rings is 2. The lowest BCUT2D eigenvalue weighted by Gasteiger charge is -2.16. The van der Waals surface area contributed by atoms with E-state index in [9.17, 15) is 9.59 Å². The van der Waals surface area contributed by atoms with Gasteiger partial charge in [-0.25, -0.2) is 4.98 Å². The Hall–Kier alpha value is -1.61. The van der Waals surface area contributed by atoms with Crippen molar-refractivity contribution in [3.05, 3.63) is 54.8 Å². The molecule has 3 rings (SSSR count). The number of halogens is 1. The fraction of sp³-hybridized carbons (Fsp3) is 0.316. The number of amides is 1. The zero-order valence-corrected chi connectivity index (χ0v) is 19.0. The Morgan fingerprint density at radius 3 is 2.79 bits per heavy atom. The topological polar surface area (TPSA) is 55.2 Å². The molecule has 0 saturated heterocycles. The minimum Gasteiger partial charge on any atom is -0.340 e. The highest BCUT2D eigenvalue weighted by atomic mass is 35.5. The van der Waals surface area contributed by atoms with Crippen LogP contribution in [0.2, 0.25) is 4.34 Å². The maximum absolute atomic E-state index is 13.0. The summed E-state index contributed by atoms with van der Waals surface area (Å²) in [5.74, 6) is 0.168. The number of carbonyl (C=O) groups excluding carboxylic acids is 1. The molecule has 3 aromatic rings. The van der Waals surface area contributed by atoms with Crippen LogP contribution in [0, 0.1) is 13.8 Å². The SMILES string of the molecule is C=CCn1c(SCC(=O)N(C)Cc2ccc(Cl)s2)nc2sc(C)c(C)c2c1=O. The summed E-state index contributed by atoms with van der Waals surface area (Å²) in [4.78, 5) is 34.7. The molecule has 0 atom stereocenters. The van der Waals surface area contributed by atoms with E-state index in [1.807, 2.05) is 26.0 Å². The minimum absolute atomic E-state index is 0.0347. The number of fused-ring (bicyclic) bond motifs is 1. The second-order valence-electron chi connectivity index (χ2n) is 6.31. The molecule has 0 fully saturated rings. The van der Waals surface area contributed by atoms with Gasteiger partial charge in [-0.1, -0.05) is 29.4 Å². The van der Waals surface area contributed by atoms with Gasteiger partial charge in [-0.15, -0.1) is 29.3 Å². The lowest BCUT2D eigenvalue weighted by Crippen LogP contribution is -2.28. The molecule has 0 spiro atoms. The van der Waals surface area contributed by atoms with Crippen molar-refractivity contribution in [3.8, 4) is 0 Å². The van der Waals surface area contributed by atoms with Crippen LogP contribution >= 0.6 is 46.0 Å². The van der Waals surface area contributed by atoms with Gasteiger partial charge in [0.2, 0.25) is 5.91 Å². The van der Waals surface area contributed by atoms with Crippen LogP contribution in [-0.4, -0.2) is 33.2 Å². The summed E-state index contributed by atoms with van der Waals surface area (Å²) in [6.45, 7) is 8.53. The number of hydrogen-bond acceptors (Lipinski definition) is 6. The highest BCUT2D eigenvalue weighted by Gasteiger charge is 2.18. The van der Waals surface area contributed by atoms with Crippen LogP contribution in [0.3, 0.4) is 0 Å². The second kappa shape index (κ2) is 8.82. The maximum Gasteiger partial charge on any atom is 0.263 e. The van der Waals surface area contributed by atoms with Crippen LogP contribution < -0.4 is 5.56 Å². The standard InChI is InChI=1S/C19H20ClN3O2S3/c1-5-8-23-18(25)16-11(2)12(3)27-17(16)21-19(23)26-10-15(24)22(4)9-13-6-7-14(20)28-13/h5-7H,1,8-10H2,2-4H3. The summed E-state index contributed by atoms with van der Waals surface area (Å²) < 4.78 is 2.29. The van der Waals surface area contributed by atoms with E-state index in [4.69, 9.17) is 11.6 Å². The zero-order chi connectivity index (χ0) is 20.4. The van der Waals surface area contributed by atoms with Crippen LogP contribution in [0.15, 0.2) is 34.7 Å². The first-order valence-electron chi connectivity index (χ1n) is 8.54. The summed E-state index contributed by atoms with van der Waals surface area (Å²) in [6.07, 6.45) is 1.67. The molecule has 9 heteroatoms. The minimum atomic E-state index is -0.0803. The molecule has 0 bridgehead atoms. The van der Waals surface area contributed by atoms with Crippen molar-refractivity contribution in [2.45, 2.75) is 32.1 Å². The number of aromatic nitrogens is 2. The Morgan fingerprint density at radius 1 is 1.39 bits per heavy atom. The molecule has 148 valence electrons. The molecule has 0 unspecified atom stereocenters. The van der Waals surface area contributed by atoms with Crippen LogP contribution in [0.4, 0.5) is 0 Å². The van der Waals surface area contributed by atoms with E-state index < -0.39 is 0 Å². The molecule has 3 aromatic heterocycles. The molecule has 1 amide bonds. The summed E-state index contributed by atoms with van der Waals surface area (Å²) in [5.41, 5.74) is 0.889. The van der Waals surface area contributed by atoms with Crippen molar-refractivity contribution >= 4 is 62.2 Å². The quantitative estimate of drug-likeness (QED) is 0.295. The monoisotopic (exact) mass is 453 g/mol. The van der Waals surface area contributed by atoms with Crippen LogP contribution in [0.25, 0.3) is 10.2 Å². The Balaban J connectivity index is 1.81. The normalized spacial score (nSPS) is 11.1. The second-order valence-corrected chi connectivity index (χ2v) is 10.3. The Bertz CT molecular complexity index is 1100. The first-order valence-corrected chi connectivity index (χ1v) is 11.5. The zero-order valence-electron chi connectivity index (χ0n) is 15.8. The maximum atomic E-state index is 13.0. The molecule has 28 heavy (non-hydrogen) atoms. The number of allylic oxidation sites excluding steroid dienone is 1. The van der Waals surface area contributed by atoms with E-state index in [2.05, 4.69) is 11.6 Å². The number of hydrogen-bond donors (Lipinski definition) is 0. The first kappa shape index (κ1) is 21.1. The molecule has 0 N–H and O–H groups in total. The Morgan fingerprint density at radius 2 is 2.14 bits per heavy atom. The summed E-state index contributed by atoms with van der Waals surface area (Å²) in [7, 11) is 1.76. The molecule has 0 aromatic carbocycles. The molecule has 0 saturated carbocycles. The van der Waals surface area contributed by atoms with Crippen molar-refractivity contribution in [1.82, 2.24) is 14.5 Å². The summed E-state index contributed by atoms with van der Waals surface area (Å²) in [5, 5.41) is 1.20. The largest absolute Gasteiger partial charge is 0.340 e. The van der Waals surface area contributed by atoms with E-state index in [1.165, 1.54) is 34.4 Å². The number of nitrogens with zero attached hydrogens (tertiary/aromatic N) is 3. The summed E-state index contributed by atoms with van der Waals surface area (Å²) >= 11 is 10.2. The van der Waals surface area contributed by atoms with Gasteiger partial charge in [-0.3, -0.25) is 14.2 Å². The van der Waals surface area contributed by atoms with Gasteiger partial charge in [0.05, 0.1) is 22.0 Å². The fourth-order valence-electron chi connectivity index (χ4n) is 2.70. The van der Waals surface area contributed by atoms with Gasteiger partial charge in [0.1, 0.15) is 4.83 Å². The van der Waals surface area contributed by atoms with E-state index in [0.717, 1.165) is 20.1 Å². The fourth-order valence-corrected chi connectivity index (χ4v) is 5.86. The molecule has 0 aliphatic heterocycles. The molecule has 0 aliphatic carbocycles.